The highest BCUT2D eigenvalue weighted by molar-refractivity contribution is 7.89. The minimum absolute atomic E-state index is 0.0829. The van der Waals surface area contributed by atoms with Gasteiger partial charge in [0.25, 0.3) is 0 Å². The molecule has 5 rings (SSSR count). The van der Waals surface area contributed by atoms with Gasteiger partial charge in [-0.2, -0.15) is 4.31 Å². The number of carbonyl (C=O) groups excluding carboxylic acids is 1. The molecular formula is C24H34N2O5S. The second-order valence-corrected chi connectivity index (χ2v) is 11.5. The monoisotopic (exact) mass is 462 g/mol. The van der Waals surface area contributed by atoms with Crippen LogP contribution in [0.4, 0.5) is 0 Å². The molecular weight excluding hydrogens is 428 g/mol. The van der Waals surface area contributed by atoms with Crippen LogP contribution in [0.5, 0.6) is 0 Å². The Balaban J connectivity index is 1.16. The number of hydrogen-bond donors (Lipinski definition) is 0. The largest absolute Gasteiger partial charge is 0.350 e. The van der Waals surface area contributed by atoms with Gasteiger partial charge in [-0.25, -0.2) is 8.42 Å². The van der Waals surface area contributed by atoms with Crippen molar-refractivity contribution < 1.29 is 22.7 Å². The van der Waals surface area contributed by atoms with E-state index in [4.69, 9.17) is 9.47 Å². The minimum Gasteiger partial charge on any atom is -0.350 e. The average molecular weight is 463 g/mol. The summed E-state index contributed by atoms with van der Waals surface area (Å²) in [4.78, 5) is 15.4. The molecule has 3 aliphatic heterocycles. The summed E-state index contributed by atoms with van der Waals surface area (Å²) >= 11 is 0. The highest BCUT2D eigenvalue weighted by Crippen LogP contribution is 2.31. The van der Waals surface area contributed by atoms with Gasteiger partial charge in [0.2, 0.25) is 15.9 Å². The second kappa shape index (κ2) is 9.41. The van der Waals surface area contributed by atoms with Crippen LogP contribution >= 0.6 is 0 Å². The molecule has 3 saturated heterocycles. The number of piperidine rings is 2. The number of likely N-dealkylation sites (tertiary alicyclic amines) is 1. The van der Waals surface area contributed by atoms with Gasteiger partial charge >= 0.3 is 0 Å². The number of sulfonamides is 1. The van der Waals surface area contributed by atoms with Crippen molar-refractivity contribution in [3.63, 3.8) is 0 Å². The molecule has 0 unspecified atom stereocenters. The third-order valence-electron chi connectivity index (χ3n) is 7.64. The second-order valence-electron chi connectivity index (χ2n) is 9.59. The summed E-state index contributed by atoms with van der Waals surface area (Å²) in [7, 11) is -3.51. The Bertz CT molecular complexity index is 928. The molecule has 1 aromatic carbocycles. The van der Waals surface area contributed by atoms with Crippen molar-refractivity contribution >= 4 is 15.9 Å². The summed E-state index contributed by atoms with van der Waals surface area (Å²) in [5.41, 5.74) is 2.47. The molecule has 0 radical (unpaired) electrons. The number of fused-ring (bicyclic) bond motifs is 1. The summed E-state index contributed by atoms with van der Waals surface area (Å²) in [5, 5.41) is 0. The topological polar surface area (TPSA) is 76.2 Å². The zero-order chi connectivity index (χ0) is 22.1. The summed E-state index contributed by atoms with van der Waals surface area (Å²) < 4.78 is 39.3. The first-order chi connectivity index (χ1) is 15.5. The first kappa shape index (κ1) is 22.3. The van der Waals surface area contributed by atoms with Crippen molar-refractivity contribution in [2.24, 2.45) is 11.8 Å². The number of benzene rings is 1. The normalized spacial score (nSPS) is 24.6. The molecule has 1 amide bonds. The maximum absolute atomic E-state index is 13.2. The lowest BCUT2D eigenvalue weighted by molar-refractivity contribution is -0.142. The lowest BCUT2D eigenvalue weighted by atomic mass is 9.92. The van der Waals surface area contributed by atoms with Crippen molar-refractivity contribution in [1.29, 1.82) is 0 Å². The summed E-state index contributed by atoms with van der Waals surface area (Å²) in [6, 6.07) is 5.63. The Labute approximate surface area is 191 Å². The van der Waals surface area contributed by atoms with E-state index in [9.17, 15) is 13.2 Å². The molecule has 8 heteroatoms. The summed E-state index contributed by atoms with van der Waals surface area (Å²) in [6.07, 6.45) is 7.21. The van der Waals surface area contributed by atoms with E-state index in [0.29, 0.717) is 50.0 Å². The number of carbonyl (C=O) groups is 1. The fourth-order valence-corrected chi connectivity index (χ4v) is 7.18. The SMILES string of the molecule is O=C(C1CCN(S(=O)(=O)c2ccc3c(c2)CCCC3)CC1)N1CCC(C2OCCO2)CC1. The number of nitrogens with zero attached hydrogens (tertiary/aromatic N) is 2. The maximum atomic E-state index is 13.2. The van der Waals surface area contributed by atoms with Crippen LogP contribution in [0.1, 0.15) is 49.7 Å². The minimum atomic E-state index is -3.51. The third-order valence-corrected chi connectivity index (χ3v) is 9.54. The number of amides is 1. The van der Waals surface area contributed by atoms with Crippen molar-refractivity contribution in [3.8, 4) is 0 Å². The first-order valence-corrected chi connectivity index (χ1v) is 13.6. The molecule has 1 aromatic rings. The molecule has 0 saturated carbocycles. The van der Waals surface area contributed by atoms with Crippen LogP contribution in [0.2, 0.25) is 0 Å². The van der Waals surface area contributed by atoms with Crippen LogP contribution in [0.15, 0.2) is 23.1 Å². The van der Waals surface area contributed by atoms with E-state index in [1.165, 1.54) is 17.5 Å². The molecule has 3 heterocycles. The molecule has 32 heavy (non-hydrogen) atoms. The van der Waals surface area contributed by atoms with Gasteiger partial charge in [0.15, 0.2) is 6.29 Å². The number of aryl methyl sites for hydroxylation is 2. The molecule has 0 N–H and O–H groups in total. The Morgan fingerprint density at radius 1 is 0.875 bits per heavy atom. The molecule has 176 valence electrons. The Kier molecular flexibility index (Phi) is 6.56. The predicted octanol–water partition coefficient (Wildman–Crippen LogP) is 2.58. The Morgan fingerprint density at radius 2 is 1.53 bits per heavy atom. The Morgan fingerprint density at radius 3 is 2.22 bits per heavy atom. The van der Waals surface area contributed by atoms with Crippen molar-refractivity contribution in [2.45, 2.75) is 62.6 Å². The van der Waals surface area contributed by atoms with Crippen LogP contribution in [0.3, 0.4) is 0 Å². The van der Waals surface area contributed by atoms with Gasteiger partial charge in [-0.05, 0) is 74.6 Å². The highest BCUT2D eigenvalue weighted by Gasteiger charge is 2.37. The van der Waals surface area contributed by atoms with Gasteiger partial charge in [-0.1, -0.05) is 6.07 Å². The van der Waals surface area contributed by atoms with Crippen LogP contribution in [0.25, 0.3) is 0 Å². The van der Waals surface area contributed by atoms with E-state index in [1.807, 2.05) is 17.0 Å². The van der Waals surface area contributed by atoms with E-state index in [2.05, 4.69) is 0 Å². The molecule has 0 atom stereocenters. The van der Waals surface area contributed by atoms with Crippen LogP contribution in [-0.4, -0.2) is 69.2 Å². The molecule has 4 aliphatic rings. The number of rotatable bonds is 4. The standard InChI is InChI=1S/C24H34N2O5S/c27-23(25-11-7-20(8-12-25)24-30-15-16-31-24)19-9-13-26(14-10-19)32(28,29)22-6-5-18-3-1-2-4-21(18)17-22/h5-6,17,19-20,24H,1-4,7-16H2. The molecule has 3 fully saturated rings. The quantitative estimate of drug-likeness (QED) is 0.688. The van der Waals surface area contributed by atoms with Gasteiger partial charge in [-0.3, -0.25) is 4.79 Å². The van der Waals surface area contributed by atoms with Crippen molar-refractivity contribution in [3.05, 3.63) is 29.3 Å². The van der Waals surface area contributed by atoms with E-state index in [0.717, 1.165) is 45.2 Å². The molecule has 7 nitrogen and oxygen atoms in total. The lowest BCUT2D eigenvalue weighted by Crippen LogP contribution is -2.47. The molecule has 0 bridgehead atoms. The van der Waals surface area contributed by atoms with Crippen LogP contribution < -0.4 is 0 Å². The number of hydrogen-bond acceptors (Lipinski definition) is 5. The molecule has 0 spiro atoms. The Hall–Kier alpha value is -1.48. The van der Waals surface area contributed by atoms with Gasteiger partial charge in [0.05, 0.1) is 18.1 Å². The highest BCUT2D eigenvalue weighted by atomic mass is 32.2. The van der Waals surface area contributed by atoms with Gasteiger partial charge in [-0.15, -0.1) is 0 Å². The molecule has 0 aromatic heterocycles. The first-order valence-electron chi connectivity index (χ1n) is 12.2. The van der Waals surface area contributed by atoms with E-state index in [1.54, 1.807) is 10.4 Å². The van der Waals surface area contributed by atoms with Gasteiger partial charge in [0.1, 0.15) is 0 Å². The van der Waals surface area contributed by atoms with Crippen molar-refractivity contribution in [1.82, 2.24) is 9.21 Å². The smallest absolute Gasteiger partial charge is 0.243 e. The van der Waals surface area contributed by atoms with Crippen LogP contribution in [-0.2, 0) is 37.1 Å². The average Bonchev–Trinajstić information content (AvgIpc) is 3.38. The molecule has 1 aliphatic carbocycles. The van der Waals surface area contributed by atoms with Crippen molar-refractivity contribution in [2.75, 3.05) is 39.4 Å². The predicted molar refractivity (Wildman–Crippen MR) is 120 cm³/mol. The van der Waals surface area contributed by atoms with Crippen LogP contribution in [0, 0.1) is 11.8 Å². The number of ether oxygens (including phenoxy) is 2. The van der Waals surface area contributed by atoms with Gasteiger partial charge < -0.3 is 14.4 Å². The van der Waals surface area contributed by atoms with E-state index in [-0.39, 0.29) is 18.1 Å². The zero-order valence-corrected chi connectivity index (χ0v) is 19.5. The summed E-state index contributed by atoms with van der Waals surface area (Å²) in [6.45, 7) is 3.63. The zero-order valence-electron chi connectivity index (χ0n) is 18.7. The lowest BCUT2D eigenvalue weighted by Gasteiger charge is -2.37. The fraction of sp³-hybridized carbons (Fsp3) is 0.708. The van der Waals surface area contributed by atoms with E-state index < -0.39 is 10.0 Å². The maximum Gasteiger partial charge on any atom is 0.243 e. The summed E-state index contributed by atoms with van der Waals surface area (Å²) in [5.74, 6) is 0.466. The third kappa shape index (κ3) is 4.47. The van der Waals surface area contributed by atoms with Gasteiger partial charge in [0, 0.05) is 38.0 Å². The fourth-order valence-electron chi connectivity index (χ4n) is 5.66. The van der Waals surface area contributed by atoms with E-state index >= 15 is 0 Å².